The second kappa shape index (κ2) is 13.9. The zero-order chi connectivity index (χ0) is 32.8. The van der Waals surface area contributed by atoms with Crippen molar-refractivity contribution in [2.75, 3.05) is 30.8 Å². The molecule has 3 aromatic carbocycles. The molecule has 0 spiro atoms. The van der Waals surface area contributed by atoms with E-state index in [1.54, 1.807) is 33.8 Å². The Morgan fingerprint density at radius 2 is 1.54 bits per heavy atom. The molecule has 0 radical (unpaired) electrons. The van der Waals surface area contributed by atoms with E-state index in [1.165, 1.54) is 12.7 Å². The van der Waals surface area contributed by atoms with E-state index >= 15 is 0 Å². The number of benzene rings is 3. The molecular formula is C36H41N5O5. The van der Waals surface area contributed by atoms with E-state index in [0.29, 0.717) is 41.8 Å². The van der Waals surface area contributed by atoms with Gasteiger partial charge in [-0.05, 0) is 86.2 Å². The van der Waals surface area contributed by atoms with Gasteiger partial charge in [-0.25, -0.2) is 19.1 Å². The number of piperidine rings is 1. The van der Waals surface area contributed by atoms with Crippen LogP contribution >= 0.6 is 0 Å². The highest BCUT2D eigenvalue weighted by molar-refractivity contribution is 5.99. The van der Waals surface area contributed by atoms with E-state index in [0.717, 1.165) is 36.2 Å². The molecule has 240 valence electrons. The number of nitrogens with zero attached hydrogens (tertiary/aromatic N) is 3. The summed E-state index contributed by atoms with van der Waals surface area (Å²) in [5.74, 6) is 0.970. The lowest BCUT2D eigenvalue weighted by Crippen LogP contribution is -2.40. The van der Waals surface area contributed by atoms with Crippen molar-refractivity contribution in [2.45, 2.75) is 52.4 Å². The number of esters is 1. The smallest absolute Gasteiger partial charge is 0.415 e. The number of anilines is 2. The largest absolute Gasteiger partial charge is 0.465 e. The molecule has 1 aliphatic heterocycles. The first-order valence-corrected chi connectivity index (χ1v) is 15.5. The number of carbonyl (C=O) groups is 3. The monoisotopic (exact) mass is 623 g/mol. The van der Waals surface area contributed by atoms with Crippen LogP contribution in [0.25, 0.3) is 5.69 Å². The first kappa shape index (κ1) is 32.3. The zero-order valence-corrected chi connectivity index (χ0v) is 27.0. The summed E-state index contributed by atoms with van der Waals surface area (Å²) in [5, 5.41) is 10.7. The van der Waals surface area contributed by atoms with Crippen molar-refractivity contribution >= 4 is 29.6 Å². The summed E-state index contributed by atoms with van der Waals surface area (Å²) in [6, 6.07) is 23.8. The van der Waals surface area contributed by atoms with Crippen molar-refractivity contribution in [3.05, 3.63) is 101 Å². The van der Waals surface area contributed by atoms with Crippen LogP contribution in [0.1, 0.15) is 60.8 Å². The number of nitrogens with one attached hydrogen (secondary N) is 2. The number of aromatic nitrogens is 2. The Kier molecular flexibility index (Phi) is 9.75. The van der Waals surface area contributed by atoms with Crippen molar-refractivity contribution in [1.29, 1.82) is 0 Å². The van der Waals surface area contributed by atoms with Gasteiger partial charge in [0.2, 0.25) is 0 Å². The van der Waals surface area contributed by atoms with Crippen molar-refractivity contribution in [3.63, 3.8) is 0 Å². The minimum Gasteiger partial charge on any atom is -0.465 e. The third kappa shape index (κ3) is 8.12. The van der Waals surface area contributed by atoms with Crippen LogP contribution in [0.4, 0.5) is 21.1 Å². The number of carbonyl (C=O) groups excluding carboxylic acids is 3. The van der Waals surface area contributed by atoms with Crippen LogP contribution in [0.3, 0.4) is 0 Å². The van der Waals surface area contributed by atoms with Crippen LogP contribution in [-0.2, 0) is 16.6 Å². The van der Waals surface area contributed by atoms with Gasteiger partial charge in [-0.15, -0.1) is 0 Å². The minimum atomic E-state index is -0.440. The maximum Gasteiger partial charge on any atom is 0.415 e. The standard InChI is InChI=1S/C36H41N5O5/c1-24-6-14-29(15-7-24)41-32(23-31(39-41)36(2,3)4)38-34(43)37-28-12-8-25(9-13-28)22-26-18-20-40(21-19-26)35(44)46-30-16-10-27(11-17-30)33(42)45-5/h6-17,23,26H,18-22H2,1-5H3,(H2,37,38,43). The maximum absolute atomic E-state index is 13.0. The summed E-state index contributed by atoms with van der Waals surface area (Å²) in [6.45, 7) is 9.53. The number of urea groups is 1. The second-order valence-corrected chi connectivity index (χ2v) is 12.7. The fourth-order valence-electron chi connectivity index (χ4n) is 5.32. The number of rotatable bonds is 7. The van der Waals surface area contributed by atoms with Crippen molar-refractivity contribution in [2.24, 2.45) is 5.92 Å². The maximum atomic E-state index is 13.0. The number of amides is 3. The molecule has 1 fully saturated rings. The molecule has 1 saturated heterocycles. The molecule has 0 bridgehead atoms. The quantitative estimate of drug-likeness (QED) is 0.208. The van der Waals surface area contributed by atoms with E-state index in [9.17, 15) is 14.4 Å². The van der Waals surface area contributed by atoms with Crippen molar-refractivity contribution in [3.8, 4) is 11.4 Å². The average molecular weight is 624 g/mol. The van der Waals surface area contributed by atoms with Gasteiger partial charge in [0, 0.05) is 30.3 Å². The van der Waals surface area contributed by atoms with Gasteiger partial charge in [-0.1, -0.05) is 50.6 Å². The minimum absolute atomic E-state index is 0.181. The van der Waals surface area contributed by atoms with Crippen LogP contribution in [0.15, 0.2) is 78.9 Å². The van der Waals surface area contributed by atoms with Crippen LogP contribution in [0.2, 0.25) is 0 Å². The lowest BCUT2D eigenvalue weighted by atomic mass is 9.90. The molecule has 0 aliphatic carbocycles. The molecule has 0 unspecified atom stereocenters. The first-order valence-electron chi connectivity index (χ1n) is 15.5. The molecule has 10 heteroatoms. The molecule has 10 nitrogen and oxygen atoms in total. The fraction of sp³-hybridized carbons (Fsp3) is 0.333. The van der Waals surface area contributed by atoms with Crippen molar-refractivity contribution in [1.82, 2.24) is 14.7 Å². The lowest BCUT2D eigenvalue weighted by Gasteiger charge is -2.31. The summed E-state index contributed by atoms with van der Waals surface area (Å²) in [4.78, 5) is 39.0. The molecule has 2 heterocycles. The molecule has 0 saturated carbocycles. The van der Waals surface area contributed by atoms with Crippen molar-refractivity contribution < 1.29 is 23.9 Å². The topological polar surface area (TPSA) is 115 Å². The summed E-state index contributed by atoms with van der Waals surface area (Å²) in [7, 11) is 1.32. The van der Waals surface area contributed by atoms with Crippen LogP contribution < -0.4 is 15.4 Å². The zero-order valence-electron chi connectivity index (χ0n) is 27.0. The van der Waals surface area contributed by atoms with Gasteiger partial charge in [-0.2, -0.15) is 5.10 Å². The predicted molar refractivity (Wildman–Crippen MR) is 178 cm³/mol. The van der Waals surface area contributed by atoms with E-state index in [1.807, 2.05) is 61.5 Å². The van der Waals surface area contributed by atoms with Gasteiger partial charge in [0.25, 0.3) is 0 Å². The van der Waals surface area contributed by atoms with Crippen LogP contribution in [0, 0.1) is 12.8 Å². The Bertz CT molecular complexity index is 1660. The SMILES string of the molecule is COC(=O)c1ccc(OC(=O)N2CCC(Cc3ccc(NC(=O)Nc4cc(C(C)(C)C)nn4-c4ccc(C)cc4)cc3)CC2)cc1. The third-order valence-electron chi connectivity index (χ3n) is 8.09. The Hall–Kier alpha value is -5.12. The molecule has 0 atom stereocenters. The van der Waals surface area contributed by atoms with Gasteiger partial charge in [0.15, 0.2) is 0 Å². The van der Waals surface area contributed by atoms with Gasteiger partial charge < -0.3 is 19.7 Å². The summed E-state index contributed by atoms with van der Waals surface area (Å²) < 4.78 is 12.0. The van der Waals surface area contributed by atoms with E-state index in [-0.39, 0.29) is 11.4 Å². The van der Waals surface area contributed by atoms with E-state index < -0.39 is 12.1 Å². The number of aryl methyl sites for hydroxylation is 1. The number of ether oxygens (including phenoxy) is 2. The Balaban J connectivity index is 1.11. The molecule has 4 aromatic rings. The average Bonchev–Trinajstić information content (AvgIpc) is 3.47. The first-order chi connectivity index (χ1) is 22.0. The third-order valence-corrected chi connectivity index (χ3v) is 8.09. The Labute approximate surface area is 269 Å². The number of hydrogen-bond donors (Lipinski definition) is 2. The van der Waals surface area contributed by atoms with Gasteiger partial charge in [-0.3, -0.25) is 5.32 Å². The summed E-state index contributed by atoms with van der Waals surface area (Å²) in [5.41, 5.74) is 4.97. The highest BCUT2D eigenvalue weighted by atomic mass is 16.6. The van der Waals surface area contributed by atoms with Crippen LogP contribution in [0.5, 0.6) is 5.75 Å². The summed E-state index contributed by atoms with van der Waals surface area (Å²) >= 11 is 0. The lowest BCUT2D eigenvalue weighted by molar-refractivity contribution is 0.0600. The molecular weight excluding hydrogens is 582 g/mol. The molecule has 1 aromatic heterocycles. The molecule has 3 amide bonds. The molecule has 2 N–H and O–H groups in total. The van der Waals surface area contributed by atoms with Crippen LogP contribution in [-0.4, -0.2) is 53.0 Å². The van der Waals surface area contributed by atoms with Gasteiger partial charge >= 0.3 is 18.1 Å². The van der Waals surface area contributed by atoms with E-state index in [2.05, 4.69) is 31.4 Å². The highest BCUT2D eigenvalue weighted by Gasteiger charge is 2.25. The summed E-state index contributed by atoms with van der Waals surface area (Å²) in [6.07, 6.45) is 2.22. The highest BCUT2D eigenvalue weighted by Crippen LogP contribution is 2.27. The molecule has 1 aliphatic rings. The predicted octanol–water partition coefficient (Wildman–Crippen LogP) is 7.36. The number of hydrogen-bond acceptors (Lipinski definition) is 6. The normalized spacial score (nSPS) is 13.6. The number of likely N-dealkylation sites (tertiary alicyclic amines) is 1. The van der Waals surface area contributed by atoms with Gasteiger partial charge in [0.1, 0.15) is 11.6 Å². The molecule has 46 heavy (non-hydrogen) atoms. The molecule has 5 rings (SSSR count). The Morgan fingerprint density at radius 1 is 0.891 bits per heavy atom. The number of methoxy groups -OCH3 is 1. The van der Waals surface area contributed by atoms with E-state index in [4.69, 9.17) is 14.6 Å². The Morgan fingerprint density at radius 3 is 2.15 bits per heavy atom. The second-order valence-electron chi connectivity index (χ2n) is 12.7. The fourth-order valence-corrected chi connectivity index (χ4v) is 5.32. The van der Waals surface area contributed by atoms with Gasteiger partial charge in [0.05, 0.1) is 24.1 Å².